The van der Waals surface area contributed by atoms with Crippen molar-refractivity contribution in [3.63, 3.8) is 0 Å². The summed E-state index contributed by atoms with van der Waals surface area (Å²) in [6.07, 6.45) is 0. The predicted octanol–water partition coefficient (Wildman–Crippen LogP) is 1.84. The number of nitro benzene ring substituents is 1. The Morgan fingerprint density at radius 3 is 2.62 bits per heavy atom. The van der Waals surface area contributed by atoms with Crippen molar-refractivity contribution in [2.75, 3.05) is 43.4 Å². The smallest absolute Gasteiger partial charge is 0.288 e. The Balaban J connectivity index is 1.82. The van der Waals surface area contributed by atoms with Gasteiger partial charge in [-0.1, -0.05) is 23.7 Å². The summed E-state index contributed by atoms with van der Waals surface area (Å²) in [7, 11) is 2.17. The zero-order valence-electron chi connectivity index (χ0n) is 14.4. The van der Waals surface area contributed by atoms with E-state index >= 15 is 0 Å². The monoisotopic (exact) mass is 375 g/mol. The molecule has 1 fully saturated rings. The van der Waals surface area contributed by atoms with Crippen LogP contribution in [0, 0.1) is 10.1 Å². The van der Waals surface area contributed by atoms with E-state index in [0.717, 1.165) is 31.9 Å². The summed E-state index contributed by atoms with van der Waals surface area (Å²) in [6, 6.07) is 11.6. The summed E-state index contributed by atoms with van der Waals surface area (Å²) in [5.41, 5.74) is 1.56. The van der Waals surface area contributed by atoms with Gasteiger partial charge in [-0.05, 0) is 24.3 Å². The standard InChI is InChI=1S/C18H19ClN4O3/c1-21-8-10-22(11-9-21)16-5-3-2-4-15(16)20-18(24)13-6-7-14(19)17(12-13)23(25)26/h2-7,12H,8-11H2,1H3,(H,20,24)/p+1. The minimum atomic E-state index is -0.598. The average Bonchev–Trinajstić information content (AvgIpc) is 2.63. The Labute approximate surface area is 156 Å². The first-order valence-electron chi connectivity index (χ1n) is 8.36. The van der Waals surface area contributed by atoms with Crippen molar-refractivity contribution in [1.29, 1.82) is 0 Å². The maximum atomic E-state index is 12.6. The molecule has 136 valence electrons. The van der Waals surface area contributed by atoms with Gasteiger partial charge in [-0.25, -0.2) is 0 Å². The third-order valence-electron chi connectivity index (χ3n) is 4.51. The van der Waals surface area contributed by atoms with Crippen molar-refractivity contribution in [3.05, 3.63) is 63.2 Å². The van der Waals surface area contributed by atoms with E-state index < -0.39 is 10.8 Å². The van der Waals surface area contributed by atoms with Crippen LogP contribution in [0.4, 0.5) is 17.1 Å². The molecule has 1 amide bonds. The van der Waals surface area contributed by atoms with Crippen LogP contribution >= 0.6 is 11.6 Å². The molecule has 8 heteroatoms. The molecule has 2 aromatic carbocycles. The van der Waals surface area contributed by atoms with Gasteiger partial charge in [-0.2, -0.15) is 0 Å². The number of benzene rings is 2. The molecule has 26 heavy (non-hydrogen) atoms. The van der Waals surface area contributed by atoms with E-state index in [4.69, 9.17) is 11.6 Å². The van der Waals surface area contributed by atoms with E-state index in [1.807, 2.05) is 24.3 Å². The number of hydrogen-bond donors (Lipinski definition) is 2. The second-order valence-electron chi connectivity index (χ2n) is 6.34. The molecule has 1 heterocycles. The molecule has 3 rings (SSSR count). The number of likely N-dealkylation sites (N-methyl/N-ethyl adjacent to an activating group) is 1. The number of piperazine rings is 1. The molecular weight excluding hydrogens is 356 g/mol. The lowest BCUT2D eigenvalue weighted by Gasteiger charge is -2.33. The lowest BCUT2D eigenvalue weighted by molar-refractivity contribution is -0.880. The van der Waals surface area contributed by atoms with E-state index in [1.54, 1.807) is 0 Å². The SMILES string of the molecule is C[NH+]1CCN(c2ccccc2NC(=O)c2ccc(Cl)c([N+](=O)[O-])c2)CC1. The number of hydrogen-bond acceptors (Lipinski definition) is 4. The summed E-state index contributed by atoms with van der Waals surface area (Å²) >= 11 is 5.81. The van der Waals surface area contributed by atoms with Crippen LogP contribution in [-0.4, -0.2) is 44.1 Å². The molecule has 0 radical (unpaired) electrons. The zero-order chi connectivity index (χ0) is 18.7. The highest BCUT2D eigenvalue weighted by atomic mass is 35.5. The van der Waals surface area contributed by atoms with E-state index in [2.05, 4.69) is 17.3 Å². The van der Waals surface area contributed by atoms with Gasteiger partial charge in [-0.3, -0.25) is 14.9 Å². The van der Waals surface area contributed by atoms with Gasteiger partial charge in [0.15, 0.2) is 0 Å². The van der Waals surface area contributed by atoms with Crippen LogP contribution in [0.25, 0.3) is 0 Å². The highest BCUT2D eigenvalue weighted by molar-refractivity contribution is 6.32. The Morgan fingerprint density at radius 2 is 1.92 bits per heavy atom. The third kappa shape index (κ3) is 3.95. The first-order chi connectivity index (χ1) is 12.5. The van der Waals surface area contributed by atoms with E-state index in [0.29, 0.717) is 5.69 Å². The number of para-hydroxylation sites is 2. The number of carbonyl (C=O) groups excluding carboxylic acids is 1. The molecule has 0 atom stereocenters. The maximum absolute atomic E-state index is 12.6. The summed E-state index contributed by atoms with van der Waals surface area (Å²) in [5.74, 6) is -0.406. The maximum Gasteiger partial charge on any atom is 0.288 e. The van der Waals surface area contributed by atoms with Crippen LogP contribution in [-0.2, 0) is 0 Å². The summed E-state index contributed by atoms with van der Waals surface area (Å²) in [5, 5.41) is 13.9. The van der Waals surface area contributed by atoms with Crippen LogP contribution < -0.4 is 15.1 Å². The van der Waals surface area contributed by atoms with Gasteiger partial charge in [0.25, 0.3) is 11.6 Å². The van der Waals surface area contributed by atoms with Gasteiger partial charge in [-0.15, -0.1) is 0 Å². The highest BCUT2D eigenvalue weighted by Gasteiger charge is 2.21. The second kappa shape index (κ2) is 7.72. The summed E-state index contributed by atoms with van der Waals surface area (Å²) in [4.78, 5) is 26.7. The minimum Gasteiger partial charge on any atom is -0.359 e. The van der Waals surface area contributed by atoms with Gasteiger partial charge in [0.05, 0.1) is 49.5 Å². The molecule has 0 bridgehead atoms. The fourth-order valence-electron chi connectivity index (χ4n) is 2.97. The average molecular weight is 376 g/mol. The second-order valence-corrected chi connectivity index (χ2v) is 6.75. The molecule has 2 aromatic rings. The number of anilines is 2. The number of nitrogens with zero attached hydrogens (tertiary/aromatic N) is 2. The van der Waals surface area contributed by atoms with Gasteiger partial charge in [0.2, 0.25) is 0 Å². The number of nitro groups is 1. The van der Waals surface area contributed by atoms with E-state index in [-0.39, 0.29) is 16.3 Å². The fourth-order valence-corrected chi connectivity index (χ4v) is 3.16. The molecule has 2 N–H and O–H groups in total. The van der Waals surface area contributed by atoms with E-state index in [1.165, 1.54) is 23.1 Å². The Morgan fingerprint density at radius 1 is 1.23 bits per heavy atom. The van der Waals surface area contributed by atoms with Crippen molar-refractivity contribution in [1.82, 2.24) is 0 Å². The Kier molecular flexibility index (Phi) is 5.39. The first kappa shape index (κ1) is 18.2. The van der Waals surface area contributed by atoms with E-state index in [9.17, 15) is 14.9 Å². The lowest BCUT2D eigenvalue weighted by Crippen LogP contribution is -3.12. The zero-order valence-corrected chi connectivity index (χ0v) is 15.1. The molecule has 0 unspecified atom stereocenters. The number of halogens is 1. The number of nitrogens with one attached hydrogen (secondary N) is 2. The molecule has 0 aliphatic carbocycles. The molecule has 0 aromatic heterocycles. The number of rotatable bonds is 4. The number of quaternary nitrogens is 1. The molecule has 7 nitrogen and oxygen atoms in total. The van der Waals surface area contributed by atoms with Crippen molar-refractivity contribution in [3.8, 4) is 0 Å². The lowest BCUT2D eigenvalue weighted by atomic mass is 10.1. The summed E-state index contributed by atoms with van der Waals surface area (Å²) in [6.45, 7) is 3.88. The van der Waals surface area contributed by atoms with Crippen LogP contribution in [0.2, 0.25) is 5.02 Å². The summed E-state index contributed by atoms with van der Waals surface area (Å²) < 4.78 is 0. The molecule has 1 aliphatic heterocycles. The van der Waals surface area contributed by atoms with Gasteiger partial charge < -0.3 is 15.1 Å². The third-order valence-corrected chi connectivity index (χ3v) is 4.83. The fraction of sp³-hybridized carbons (Fsp3) is 0.278. The number of carbonyl (C=O) groups is 1. The molecule has 1 saturated heterocycles. The molecule has 0 saturated carbocycles. The topological polar surface area (TPSA) is 79.9 Å². The van der Waals surface area contributed by atoms with Gasteiger partial charge in [0.1, 0.15) is 5.02 Å². The van der Waals surface area contributed by atoms with Crippen LogP contribution in [0.5, 0.6) is 0 Å². The first-order valence-corrected chi connectivity index (χ1v) is 8.74. The minimum absolute atomic E-state index is 0.00638. The van der Waals surface area contributed by atoms with Crippen LogP contribution in [0.3, 0.4) is 0 Å². The quantitative estimate of drug-likeness (QED) is 0.631. The predicted molar refractivity (Wildman–Crippen MR) is 101 cm³/mol. The molecular formula is C18H20ClN4O3+. The van der Waals surface area contributed by atoms with Crippen molar-refractivity contribution in [2.24, 2.45) is 0 Å². The highest BCUT2D eigenvalue weighted by Crippen LogP contribution is 2.28. The van der Waals surface area contributed by atoms with Crippen LogP contribution in [0.15, 0.2) is 42.5 Å². The van der Waals surface area contributed by atoms with Gasteiger partial charge >= 0.3 is 0 Å². The normalized spacial score (nSPS) is 14.9. The van der Waals surface area contributed by atoms with Crippen molar-refractivity contribution in [2.45, 2.75) is 0 Å². The number of amides is 1. The Hall–Kier alpha value is -2.64. The van der Waals surface area contributed by atoms with Crippen molar-refractivity contribution < 1.29 is 14.6 Å². The Bertz CT molecular complexity index is 835. The largest absolute Gasteiger partial charge is 0.359 e. The van der Waals surface area contributed by atoms with Crippen molar-refractivity contribution >= 4 is 34.6 Å². The van der Waals surface area contributed by atoms with Crippen LogP contribution in [0.1, 0.15) is 10.4 Å². The van der Waals surface area contributed by atoms with Gasteiger partial charge in [0, 0.05) is 11.6 Å². The molecule has 0 spiro atoms. The molecule has 1 aliphatic rings.